The fraction of sp³-hybridized carbons (Fsp3) is 0.462. The van der Waals surface area contributed by atoms with Gasteiger partial charge in [-0.3, -0.25) is 4.79 Å². The lowest BCUT2D eigenvalue weighted by atomic mass is 10.2. The van der Waals surface area contributed by atoms with Crippen LogP contribution < -0.4 is 10.1 Å². The first-order chi connectivity index (χ1) is 8.22. The number of amides is 1. The van der Waals surface area contributed by atoms with E-state index in [1.54, 1.807) is 0 Å². The van der Waals surface area contributed by atoms with Crippen LogP contribution in [-0.4, -0.2) is 24.9 Å². The minimum atomic E-state index is 0.0264. The summed E-state index contributed by atoms with van der Waals surface area (Å²) in [5, 5.41) is 2.78. The van der Waals surface area contributed by atoms with Crippen LogP contribution in [0, 0.1) is 6.92 Å². The average Bonchev–Trinajstić information content (AvgIpc) is 2.32. The molecule has 0 aromatic heterocycles. The Morgan fingerprint density at radius 1 is 1.47 bits per heavy atom. The number of carbonyl (C=O) groups is 1. The highest BCUT2D eigenvalue weighted by atomic mass is 35.5. The molecule has 0 fully saturated rings. The fourth-order valence-electron chi connectivity index (χ4n) is 1.38. The Balaban J connectivity index is 2.14. The van der Waals surface area contributed by atoms with Gasteiger partial charge in [0, 0.05) is 12.3 Å². The van der Waals surface area contributed by atoms with E-state index in [2.05, 4.69) is 5.32 Å². The first-order valence-electron chi connectivity index (χ1n) is 5.74. The van der Waals surface area contributed by atoms with Crippen LogP contribution in [0.3, 0.4) is 0 Å². The van der Waals surface area contributed by atoms with Crippen LogP contribution in [0.4, 0.5) is 0 Å². The van der Waals surface area contributed by atoms with Gasteiger partial charge in [0.05, 0.1) is 6.54 Å². The fourth-order valence-corrected chi connectivity index (χ4v) is 1.51. The molecule has 0 aliphatic carbocycles. The maximum absolute atomic E-state index is 11.2. The Kier molecular flexibility index (Phi) is 6.48. The van der Waals surface area contributed by atoms with Crippen molar-refractivity contribution in [2.24, 2.45) is 0 Å². The van der Waals surface area contributed by atoms with E-state index in [0.717, 1.165) is 11.3 Å². The molecule has 0 saturated heterocycles. The standard InChI is InChI=1S/C13H18ClNO2/c1-11-4-2-5-12(10-11)17-9-8-15-13(16)6-3-7-14/h2,4-5,10H,3,6-9H2,1H3,(H,15,16). The summed E-state index contributed by atoms with van der Waals surface area (Å²) in [6.07, 6.45) is 1.19. The number of hydrogen-bond acceptors (Lipinski definition) is 2. The average molecular weight is 256 g/mol. The SMILES string of the molecule is Cc1cccc(OCCNC(=O)CCCCl)c1. The van der Waals surface area contributed by atoms with Crippen molar-refractivity contribution in [2.75, 3.05) is 19.0 Å². The Bertz CT molecular complexity index is 355. The van der Waals surface area contributed by atoms with Gasteiger partial charge < -0.3 is 10.1 Å². The van der Waals surface area contributed by atoms with E-state index in [9.17, 15) is 4.79 Å². The highest BCUT2D eigenvalue weighted by Gasteiger charge is 1.99. The molecule has 94 valence electrons. The Labute approximate surface area is 107 Å². The molecule has 1 aromatic rings. The zero-order valence-corrected chi connectivity index (χ0v) is 10.8. The number of rotatable bonds is 7. The van der Waals surface area contributed by atoms with Crippen LogP contribution >= 0.6 is 11.6 Å². The van der Waals surface area contributed by atoms with E-state index in [4.69, 9.17) is 16.3 Å². The zero-order chi connectivity index (χ0) is 12.5. The summed E-state index contributed by atoms with van der Waals surface area (Å²) in [7, 11) is 0. The first kappa shape index (κ1) is 13.8. The Morgan fingerprint density at radius 2 is 2.29 bits per heavy atom. The van der Waals surface area contributed by atoms with Gasteiger partial charge in [0.1, 0.15) is 12.4 Å². The van der Waals surface area contributed by atoms with Crippen LogP contribution in [-0.2, 0) is 4.79 Å². The van der Waals surface area contributed by atoms with Crippen molar-refractivity contribution < 1.29 is 9.53 Å². The maximum Gasteiger partial charge on any atom is 0.220 e. The molecule has 0 heterocycles. The van der Waals surface area contributed by atoms with E-state index in [-0.39, 0.29) is 5.91 Å². The molecular formula is C13H18ClNO2. The molecule has 1 aromatic carbocycles. The molecule has 0 unspecified atom stereocenters. The van der Waals surface area contributed by atoms with E-state index < -0.39 is 0 Å². The Hall–Kier alpha value is -1.22. The number of halogens is 1. The summed E-state index contributed by atoms with van der Waals surface area (Å²) in [6, 6.07) is 7.84. The molecule has 0 saturated carbocycles. The van der Waals surface area contributed by atoms with Gasteiger partial charge in [-0.2, -0.15) is 0 Å². The van der Waals surface area contributed by atoms with Crippen LogP contribution in [0.15, 0.2) is 24.3 Å². The van der Waals surface area contributed by atoms with Gasteiger partial charge >= 0.3 is 0 Å². The van der Waals surface area contributed by atoms with Crippen molar-refractivity contribution in [1.82, 2.24) is 5.32 Å². The van der Waals surface area contributed by atoms with Crippen LogP contribution in [0.5, 0.6) is 5.75 Å². The molecule has 0 atom stereocenters. The zero-order valence-electron chi connectivity index (χ0n) is 10.0. The van der Waals surface area contributed by atoms with E-state index in [1.165, 1.54) is 0 Å². The maximum atomic E-state index is 11.2. The number of alkyl halides is 1. The topological polar surface area (TPSA) is 38.3 Å². The van der Waals surface area contributed by atoms with Crippen molar-refractivity contribution in [3.8, 4) is 5.75 Å². The third-order valence-corrected chi connectivity index (χ3v) is 2.49. The predicted octanol–water partition coefficient (Wildman–Crippen LogP) is 2.51. The van der Waals surface area contributed by atoms with Gasteiger partial charge in [-0.1, -0.05) is 12.1 Å². The summed E-state index contributed by atoms with van der Waals surface area (Å²) in [4.78, 5) is 11.2. The summed E-state index contributed by atoms with van der Waals surface area (Å²) < 4.78 is 5.50. The number of nitrogens with one attached hydrogen (secondary N) is 1. The van der Waals surface area contributed by atoms with Gasteiger partial charge in [0.25, 0.3) is 0 Å². The molecule has 0 aliphatic rings. The highest BCUT2D eigenvalue weighted by Crippen LogP contribution is 2.11. The smallest absolute Gasteiger partial charge is 0.220 e. The molecule has 0 spiro atoms. The van der Waals surface area contributed by atoms with Crippen LogP contribution in [0.2, 0.25) is 0 Å². The predicted molar refractivity (Wildman–Crippen MR) is 69.6 cm³/mol. The van der Waals surface area contributed by atoms with Crippen molar-refractivity contribution >= 4 is 17.5 Å². The summed E-state index contributed by atoms with van der Waals surface area (Å²) >= 11 is 5.50. The number of carbonyl (C=O) groups excluding carboxylic acids is 1. The Morgan fingerprint density at radius 3 is 3.00 bits per heavy atom. The minimum Gasteiger partial charge on any atom is -0.492 e. The van der Waals surface area contributed by atoms with Gasteiger partial charge in [-0.25, -0.2) is 0 Å². The molecule has 0 radical (unpaired) electrons. The number of aryl methyl sites for hydroxylation is 1. The third-order valence-electron chi connectivity index (χ3n) is 2.22. The molecule has 1 N–H and O–H groups in total. The second-order valence-corrected chi connectivity index (χ2v) is 4.19. The molecule has 4 heteroatoms. The molecular weight excluding hydrogens is 238 g/mol. The van der Waals surface area contributed by atoms with Gasteiger partial charge in [0.15, 0.2) is 0 Å². The summed E-state index contributed by atoms with van der Waals surface area (Å²) in [6.45, 7) is 3.02. The molecule has 0 aliphatic heterocycles. The molecule has 1 amide bonds. The molecule has 17 heavy (non-hydrogen) atoms. The van der Waals surface area contributed by atoms with Gasteiger partial charge in [-0.15, -0.1) is 11.6 Å². The number of hydrogen-bond donors (Lipinski definition) is 1. The molecule has 1 rings (SSSR count). The lowest BCUT2D eigenvalue weighted by Gasteiger charge is -2.07. The molecule has 0 bridgehead atoms. The first-order valence-corrected chi connectivity index (χ1v) is 6.28. The summed E-state index contributed by atoms with van der Waals surface area (Å²) in [5.74, 6) is 1.38. The van der Waals surface area contributed by atoms with Crippen molar-refractivity contribution in [2.45, 2.75) is 19.8 Å². The van der Waals surface area contributed by atoms with Gasteiger partial charge in [0.2, 0.25) is 5.91 Å². The van der Waals surface area contributed by atoms with E-state index in [1.807, 2.05) is 31.2 Å². The minimum absolute atomic E-state index is 0.0264. The van der Waals surface area contributed by atoms with Crippen LogP contribution in [0.25, 0.3) is 0 Å². The lowest BCUT2D eigenvalue weighted by molar-refractivity contribution is -0.121. The lowest BCUT2D eigenvalue weighted by Crippen LogP contribution is -2.27. The van der Waals surface area contributed by atoms with Crippen molar-refractivity contribution in [1.29, 1.82) is 0 Å². The second kappa shape index (κ2) is 7.96. The quantitative estimate of drug-likeness (QED) is 0.601. The number of ether oxygens (including phenoxy) is 1. The monoisotopic (exact) mass is 255 g/mol. The highest BCUT2D eigenvalue weighted by molar-refractivity contribution is 6.17. The van der Waals surface area contributed by atoms with E-state index in [0.29, 0.717) is 31.9 Å². The molecule has 3 nitrogen and oxygen atoms in total. The third kappa shape index (κ3) is 6.17. The van der Waals surface area contributed by atoms with Crippen molar-refractivity contribution in [3.05, 3.63) is 29.8 Å². The van der Waals surface area contributed by atoms with E-state index >= 15 is 0 Å². The van der Waals surface area contributed by atoms with Crippen LogP contribution in [0.1, 0.15) is 18.4 Å². The normalized spacial score (nSPS) is 10.0. The van der Waals surface area contributed by atoms with Gasteiger partial charge in [-0.05, 0) is 31.0 Å². The number of benzene rings is 1. The van der Waals surface area contributed by atoms with Crippen molar-refractivity contribution in [3.63, 3.8) is 0 Å². The largest absolute Gasteiger partial charge is 0.492 e. The summed E-state index contributed by atoms with van der Waals surface area (Å²) in [5.41, 5.74) is 1.16. The second-order valence-electron chi connectivity index (χ2n) is 3.81.